The molecule has 20 heavy (non-hydrogen) atoms. The number of aromatic nitrogens is 1. The Hall–Kier alpha value is -1.66. The van der Waals surface area contributed by atoms with E-state index in [2.05, 4.69) is 22.4 Å². The molecule has 0 fully saturated rings. The van der Waals surface area contributed by atoms with E-state index in [1.165, 1.54) is 6.42 Å². The number of pyridine rings is 1. The molecule has 0 aliphatic heterocycles. The zero-order chi connectivity index (χ0) is 14.6. The molecule has 1 rings (SSSR count). The lowest BCUT2D eigenvalue weighted by atomic mass is 10.2. The Morgan fingerprint density at radius 2 is 2.25 bits per heavy atom. The molecule has 0 aliphatic carbocycles. The van der Waals surface area contributed by atoms with Crippen molar-refractivity contribution in [3.05, 3.63) is 29.6 Å². The SMILES string of the molecule is CCCCOCCCNCc1ccnc(/C(N)=N/O)c1. The average Bonchev–Trinajstić information content (AvgIpc) is 2.49. The number of oxime groups is 1. The number of nitrogens with zero attached hydrogens (tertiary/aromatic N) is 2. The van der Waals surface area contributed by atoms with Crippen LogP contribution < -0.4 is 11.1 Å². The van der Waals surface area contributed by atoms with E-state index in [1.807, 2.05) is 6.07 Å². The van der Waals surface area contributed by atoms with Crippen molar-refractivity contribution in [2.75, 3.05) is 19.8 Å². The number of rotatable bonds is 10. The van der Waals surface area contributed by atoms with Crippen molar-refractivity contribution in [1.29, 1.82) is 0 Å². The van der Waals surface area contributed by atoms with E-state index >= 15 is 0 Å². The summed E-state index contributed by atoms with van der Waals surface area (Å²) in [6, 6.07) is 3.71. The van der Waals surface area contributed by atoms with Crippen LogP contribution in [0.4, 0.5) is 0 Å². The molecule has 1 aromatic heterocycles. The first-order chi connectivity index (χ1) is 9.77. The van der Waals surface area contributed by atoms with Crippen molar-refractivity contribution in [3.8, 4) is 0 Å². The molecule has 1 aromatic rings. The van der Waals surface area contributed by atoms with Gasteiger partial charge in [-0.2, -0.15) is 0 Å². The monoisotopic (exact) mass is 280 g/mol. The largest absolute Gasteiger partial charge is 0.409 e. The van der Waals surface area contributed by atoms with Gasteiger partial charge < -0.3 is 21.0 Å². The van der Waals surface area contributed by atoms with Gasteiger partial charge in [0.05, 0.1) is 0 Å². The Labute approximate surface area is 120 Å². The summed E-state index contributed by atoms with van der Waals surface area (Å²) in [4.78, 5) is 4.03. The molecule has 6 nitrogen and oxygen atoms in total. The van der Waals surface area contributed by atoms with Gasteiger partial charge in [0.2, 0.25) is 0 Å². The van der Waals surface area contributed by atoms with Gasteiger partial charge in [0.1, 0.15) is 5.69 Å². The molecule has 4 N–H and O–H groups in total. The van der Waals surface area contributed by atoms with E-state index in [4.69, 9.17) is 15.7 Å². The zero-order valence-corrected chi connectivity index (χ0v) is 12.0. The van der Waals surface area contributed by atoms with Gasteiger partial charge >= 0.3 is 0 Å². The molecule has 1 heterocycles. The van der Waals surface area contributed by atoms with Crippen LogP contribution in [0.5, 0.6) is 0 Å². The summed E-state index contributed by atoms with van der Waals surface area (Å²) in [5.74, 6) is 0.0242. The van der Waals surface area contributed by atoms with Gasteiger partial charge in [-0.25, -0.2) is 0 Å². The third-order valence-electron chi connectivity index (χ3n) is 2.81. The van der Waals surface area contributed by atoms with E-state index in [9.17, 15) is 0 Å². The van der Waals surface area contributed by atoms with Gasteiger partial charge in [0, 0.05) is 26.0 Å². The predicted octanol–water partition coefficient (Wildman–Crippen LogP) is 1.47. The van der Waals surface area contributed by atoms with Gasteiger partial charge in [0.25, 0.3) is 0 Å². The smallest absolute Gasteiger partial charge is 0.188 e. The second kappa shape index (κ2) is 10.2. The fourth-order valence-corrected chi connectivity index (χ4v) is 1.66. The molecule has 0 atom stereocenters. The highest BCUT2D eigenvalue weighted by atomic mass is 16.5. The first-order valence-corrected chi connectivity index (χ1v) is 6.99. The Morgan fingerprint density at radius 3 is 3.00 bits per heavy atom. The van der Waals surface area contributed by atoms with E-state index < -0.39 is 0 Å². The normalized spacial score (nSPS) is 11.8. The molecule has 112 valence electrons. The lowest BCUT2D eigenvalue weighted by molar-refractivity contribution is 0.129. The number of nitrogens with one attached hydrogen (secondary N) is 1. The molecule has 0 amide bonds. The zero-order valence-electron chi connectivity index (χ0n) is 12.0. The second-order valence-corrected chi connectivity index (χ2v) is 4.53. The molecule has 0 bridgehead atoms. The van der Waals surface area contributed by atoms with Gasteiger partial charge in [-0.1, -0.05) is 18.5 Å². The first-order valence-electron chi connectivity index (χ1n) is 6.99. The van der Waals surface area contributed by atoms with Crippen molar-refractivity contribution in [3.63, 3.8) is 0 Å². The summed E-state index contributed by atoms with van der Waals surface area (Å²) < 4.78 is 5.48. The van der Waals surface area contributed by atoms with Crippen LogP contribution in [0.1, 0.15) is 37.4 Å². The van der Waals surface area contributed by atoms with Crippen LogP contribution in [-0.2, 0) is 11.3 Å². The van der Waals surface area contributed by atoms with E-state index in [1.54, 1.807) is 12.3 Å². The number of amidine groups is 1. The Balaban J connectivity index is 2.19. The van der Waals surface area contributed by atoms with Crippen molar-refractivity contribution >= 4 is 5.84 Å². The fraction of sp³-hybridized carbons (Fsp3) is 0.571. The summed E-state index contributed by atoms with van der Waals surface area (Å²) >= 11 is 0. The Morgan fingerprint density at radius 1 is 1.45 bits per heavy atom. The Bertz CT molecular complexity index is 410. The Kier molecular flexibility index (Phi) is 8.33. The molecular formula is C14H24N4O2. The van der Waals surface area contributed by atoms with Crippen LogP contribution in [0, 0.1) is 0 Å². The summed E-state index contributed by atoms with van der Waals surface area (Å²) in [5, 5.41) is 14.9. The van der Waals surface area contributed by atoms with Gasteiger partial charge in [-0.05, 0) is 37.1 Å². The summed E-state index contributed by atoms with van der Waals surface area (Å²) in [6.45, 7) is 5.42. The lowest BCUT2D eigenvalue weighted by Gasteiger charge is -2.07. The highest BCUT2D eigenvalue weighted by molar-refractivity contribution is 5.95. The van der Waals surface area contributed by atoms with Crippen LogP contribution >= 0.6 is 0 Å². The second-order valence-electron chi connectivity index (χ2n) is 4.53. The van der Waals surface area contributed by atoms with Crippen LogP contribution in [-0.4, -0.2) is 35.8 Å². The van der Waals surface area contributed by atoms with Gasteiger partial charge in [0.15, 0.2) is 5.84 Å². The maximum atomic E-state index is 8.61. The standard InChI is InChI=1S/C14H24N4O2/c1-2-3-8-20-9-4-6-16-11-12-5-7-17-13(10-12)14(15)18-19/h5,7,10,16,19H,2-4,6,8-9,11H2,1H3,(H2,15,18). The van der Waals surface area contributed by atoms with Crippen molar-refractivity contribution in [2.24, 2.45) is 10.9 Å². The van der Waals surface area contributed by atoms with Crippen LogP contribution in [0.25, 0.3) is 0 Å². The van der Waals surface area contributed by atoms with Crippen LogP contribution in [0.2, 0.25) is 0 Å². The number of nitrogens with two attached hydrogens (primary N) is 1. The molecule has 0 radical (unpaired) electrons. The first kappa shape index (κ1) is 16.4. The summed E-state index contributed by atoms with van der Waals surface area (Å²) in [5.41, 5.74) is 7.03. The quantitative estimate of drug-likeness (QED) is 0.198. The molecule has 0 aliphatic rings. The van der Waals surface area contributed by atoms with Gasteiger partial charge in [-0.15, -0.1) is 0 Å². The molecule has 0 saturated heterocycles. The molecule has 0 aromatic carbocycles. The lowest BCUT2D eigenvalue weighted by Crippen LogP contribution is -2.18. The highest BCUT2D eigenvalue weighted by Gasteiger charge is 2.01. The average molecular weight is 280 g/mol. The van der Waals surface area contributed by atoms with Crippen molar-refractivity contribution in [2.45, 2.75) is 32.7 Å². The third-order valence-corrected chi connectivity index (χ3v) is 2.81. The minimum atomic E-state index is 0.0242. The third kappa shape index (κ3) is 6.49. The van der Waals surface area contributed by atoms with E-state index in [0.29, 0.717) is 5.69 Å². The number of hydrogen-bond donors (Lipinski definition) is 3. The molecule has 0 unspecified atom stereocenters. The van der Waals surface area contributed by atoms with Crippen LogP contribution in [0.3, 0.4) is 0 Å². The molecule has 0 saturated carbocycles. The van der Waals surface area contributed by atoms with Crippen molar-refractivity contribution in [1.82, 2.24) is 10.3 Å². The topological polar surface area (TPSA) is 92.8 Å². The summed E-state index contributed by atoms with van der Waals surface area (Å²) in [7, 11) is 0. The highest BCUT2D eigenvalue weighted by Crippen LogP contribution is 2.01. The minimum Gasteiger partial charge on any atom is -0.409 e. The number of unbranched alkanes of at least 4 members (excludes halogenated alkanes) is 1. The minimum absolute atomic E-state index is 0.0242. The summed E-state index contributed by atoms with van der Waals surface area (Å²) in [6.07, 6.45) is 4.93. The van der Waals surface area contributed by atoms with Crippen molar-refractivity contribution < 1.29 is 9.94 Å². The maximum Gasteiger partial charge on any atom is 0.188 e. The molecule has 6 heteroatoms. The van der Waals surface area contributed by atoms with E-state index in [-0.39, 0.29) is 5.84 Å². The number of ether oxygens (including phenoxy) is 1. The maximum absolute atomic E-state index is 8.61. The molecule has 0 spiro atoms. The fourth-order valence-electron chi connectivity index (χ4n) is 1.66. The predicted molar refractivity (Wildman–Crippen MR) is 78.8 cm³/mol. The molecular weight excluding hydrogens is 256 g/mol. The number of hydrogen-bond acceptors (Lipinski definition) is 5. The van der Waals surface area contributed by atoms with E-state index in [0.717, 1.165) is 44.7 Å². The van der Waals surface area contributed by atoms with Crippen LogP contribution in [0.15, 0.2) is 23.5 Å². The van der Waals surface area contributed by atoms with Gasteiger partial charge in [-0.3, -0.25) is 4.98 Å².